The van der Waals surface area contributed by atoms with E-state index in [-0.39, 0.29) is 30.9 Å². The smallest absolute Gasteiger partial charge is 0.322 e. The second kappa shape index (κ2) is 11.3. The van der Waals surface area contributed by atoms with Crippen molar-refractivity contribution >= 4 is 23.3 Å². The molecule has 2 aromatic carbocycles. The molecule has 0 aromatic heterocycles. The van der Waals surface area contributed by atoms with Gasteiger partial charge in [-0.1, -0.05) is 19.9 Å². The molecule has 186 valence electrons. The zero-order valence-corrected chi connectivity index (χ0v) is 19.8. The van der Waals surface area contributed by atoms with Crippen LogP contribution in [0.4, 0.5) is 24.5 Å². The molecule has 10 heteroatoms. The van der Waals surface area contributed by atoms with Crippen LogP contribution in [0.1, 0.15) is 36.7 Å². The third-order valence-electron chi connectivity index (χ3n) is 5.26. The number of benzene rings is 2. The number of aliphatic hydroxyl groups is 1. The van der Waals surface area contributed by atoms with Gasteiger partial charge in [-0.2, -0.15) is 0 Å². The second-order valence-electron chi connectivity index (χ2n) is 7.90. The van der Waals surface area contributed by atoms with Gasteiger partial charge in [0, 0.05) is 6.54 Å². The van der Waals surface area contributed by atoms with Gasteiger partial charge in [0.05, 0.1) is 37.1 Å². The molecule has 1 aliphatic heterocycles. The van der Waals surface area contributed by atoms with Crippen LogP contribution in [0.3, 0.4) is 0 Å². The molecule has 3 N–H and O–H groups in total. The lowest BCUT2D eigenvalue weighted by molar-refractivity contribution is -0.143. The summed E-state index contributed by atoms with van der Waals surface area (Å²) in [4.78, 5) is 25.6. The highest BCUT2D eigenvalue weighted by atomic mass is 19.2. The third kappa shape index (κ3) is 6.06. The molecule has 0 spiro atoms. The minimum absolute atomic E-state index is 0.0184. The molecule has 0 aliphatic carbocycles. The van der Waals surface area contributed by atoms with Crippen LogP contribution >= 0.6 is 0 Å². The lowest BCUT2D eigenvalue weighted by atomic mass is 9.92. The number of anilines is 2. The number of rotatable bonds is 7. The molecule has 1 fully saturated rings. The molecule has 1 unspecified atom stereocenters. The minimum Gasteiger partial charge on any atom is -0.468 e. The molecule has 1 amide bonds. The van der Waals surface area contributed by atoms with Crippen molar-refractivity contribution in [1.29, 1.82) is 0 Å². The number of amides is 1. The number of hydrogen-bond donors (Lipinski definition) is 3. The quantitative estimate of drug-likeness (QED) is 0.525. The second-order valence-corrected chi connectivity index (χ2v) is 7.90. The van der Waals surface area contributed by atoms with Crippen molar-refractivity contribution in [3.05, 3.63) is 58.9 Å². The number of halogens is 3. The molecule has 0 bridgehead atoms. The van der Waals surface area contributed by atoms with E-state index in [9.17, 15) is 27.9 Å². The maximum atomic E-state index is 14.5. The Hall–Kier alpha value is -3.11. The summed E-state index contributed by atoms with van der Waals surface area (Å²) in [6.45, 7) is 7.08. The van der Waals surface area contributed by atoms with Crippen molar-refractivity contribution in [2.45, 2.75) is 39.3 Å². The van der Waals surface area contributed by atoms with Crippen LogP contribution < -0.4 is 10.6 Å². The minimum atomic E-state index is -1.32. The maximum Gasteiger partial charge on any atom is 0.322 e. The highest BCUT2D eigenvalue weighted by Gasteiger charge is 2.44. The first kappa shape index (κ1) is 27.1. The number of ether oxygens (including phenoxy) is 1. The number of nitrogens with one attached hydrogen (secondary N) is 2. The van der Waals surface area contributed by atoms with Crippen LogP contribution in [-0.2, 0) is 9.53 Å². The van der Waals surface area contributed by atoms with Crippen molar-refractivity contribution in [1.82, 2.24) is 10.2 Å². The van der Waals surface area contributed by atoms with Crippen LogP contribution in [0.15, 0.2) is 30.3 Å². The van der Waals surface area contributed by atoms with Crippen molar-refractivity contribution in [2.24, 2.45) is 0 Å². The third-order valence-corrected chi connectivity index (χ3v) is 5.26. The zero-order chi connectivity index (χ0) is 25.6. The van der Waals surface area contributed by atoms with Crippen LogP contribution in [0.2, 0.25) is 0 Å². The van der Waals surface area contributed by atoms with Crippen molar-refractivity contribution in [3.8, 4) is 0 Å². The molecule has 1 heterocycles. The summed E-state index contributed by atoms with van der Waals surface area (Å²) in [5.41, 5.74) is -1.48. The number of esters is 1. The van der Waals surface area contributed by atoms with Crippen molar-refractivity contribution in [2.75, 3.05) is 32.1 Å². The summed E-state index contributed by atoms with van der Waals surface area (Å²) in [6, 6.07) is 5.43. The number of carbonyl (C=O) groups excluding carboxylic acids is 2. The standard InChI is InChI=1S/C22H24F3N3O4.C2H6/c1-12-4-7-17(16(24)8-12)27-19-14(5-6-15(23)18(19)25)20(29)28-10-22(31,11-28)9-26-13(2)21(30)32-3;1-2/h4-8,13,26-27,31H,9-11H2,1-3H3;1-2H3. The first-order chi connectivity index (χ1) is 16.0. The Labute approximate surface area is 196 Å². The summed E-state index contributed by atoms with van der Waals surface area (Å²) in [5.74, 6) is -4.36. The lowest BCUT2D eigenvalue weighted by Gasteiger charge is -2.47. The Morgan fingerprint density at radius 1 is 1.15 bits per heavy atom. The Balaban J connectivity index is 0.00000199. The maximum absolute atomic E-state index is 14.5. The fraction of sp³-hybridized carbons (Fsp3) is 0.417. The fourth-order valence-electron chi connectivity index (χ4n) is 3.40. The molecule has 34 heavy (non-hydrogen) atoms. The fourth-order valence-corrected chi connectivity index (χ4v) is 3.40. The number of hydrogen-bond acceptors (Lipinski definition) is 6. The van der Waals surface area contributed by atoms with Gasteiger partial charge in [0.25, 0.3) is 5.91 Å². The molecule has 3 rings (SSSR count). The topological polar surface area (TPSA) is 90.9 Å². The molecule has 2 aromatic rings. The average molecular weight is 482 g/mol. The molecule has 1 atom stereocenters. The van der Waals surface area contributed by atoms with Crippen LogP contribution in [0.25, 0.3) is 0 Å². The van der Waals surface area contributed by atoms with E-state index in [1.165, 1.54) is 24.1 Å². The number of aryl methyl sites for hydroxylation is 1. The Morgan fingerprint density at radius 3 is 2.38 bits per heavy atom. The zero-order valence-electron chi connectivity index (χ0n) is 19.8. The van der Waals surface area contributed by atoms with Crippen LogP contribution in [0.5, 0.6) is 0 Å². The van der Waals surface area contributed by atoms with Crippen LogP contribution in [0, 0.1) is 24.4 Å². The lowest BCUT2D eigenvalue weighted by Crippen LogP contribution is -2.68. The molecular weight excluding hydrogens is 451 g/mol. The van der Waals surface area contributed by atoms with E-state index in [1.54, 1.807) is 19.9 Å². The average Bonchev–Trinajstić information content (AvgIpc) is 2.80. The molecule has 0 saturated carbocycles. The van der Waals surface area contributed by atoms with E-state index in [2.05, 4.69) is 15.4 Å². The van der Waals surface area contributed by atoms with Gasteiger partial charge in [-0.15, -0.1) is 0 Å². The summed E-state index contributed by atoms with van der Waals surface area (Å²) >= 11 is 0. The van der Waals surface area contributed by atoms with Crippen molar-refractivity contribution < 1.29 is 32.6 Å². The highest BCUT2D eigenvalue weighted by Crippen LogP contribution is 2.31. The summed E-state index contributed by atoms with van der Waals surface area (Å²) in [5, 5.41) is 15.8. The van der Waals surface area contributed by atoms with Gasteiger partial charge in [0.1, 0.15) is 17.5 Å². The molecule has 7 nitrogen and oxygen atoms in total. The number of nitrogens with zero attached hydrogens (tertiary/aromatic N) is 1. The van der Waals surface area contributed by atoms with Gasteiger partial charge < -0.3 is 25.4 Å². The number of β-amino-alcohol motifs (C(OH)–C–C–N with tert-alkyl or cyclic N) is 1. The Morgan fingerprint density at radius 2 is 1.79 bits per heavy atom. The van der Waals surface area contributed by atoms with E-state index in [0.717, 1.165) is 12.1 Å². The van der Waals surface area contributed by atoms with Crippen LogP contribution in [-0.4, -0.2) is 60.3 Å². The predicted octanol–water partition coefficient (Wildman–Crippen LogP) is 3.52. The SMILES string of the molecule is CC.COC(=O)C(C)NCC1(O)CN(C(=O)c2ccc(F)c(F)c2Nc2ccc(C)cc2F)C1. The largest absolute Gasteiger partial charge is 0.468 e. The van der Waals surface area contributed by atoms with Gasteiger partial charge in [-0.3, -0.25) is 9.59 Å². The summed E-state index contributed by atoms with van der Waals surface area (Å²) in [6.07, 6.45) is 0. The van der Waals surface area contributed by atoms with E-state index in [1.807, 2.05) is 13.8 Å². The number of carbonyl (C=O) groups is 2. The van der Waals surface area contributed by atoms with E-state index in [0.29, 0.717) is 5.56 Å². The molecule has 1 saturated heterocycles. The normalized spacial score (nSPS) is 14.9. The first-order valence-corrected chi connectivity index (χ1v) is 10.9. The molecular formula is C24H30F3N3O4. The summed E-state index contributed by atoms with van der Waals surface area (Å²) < 4.78 is 47.2. The Kier molecular flexibility index (Phi) is 9.06. The van der Waals surface area contributed by atoms with Gasteiger partial charge in [0.15, 0.2) is 11.6 Å². The number of methoxy groups -OCH3 is 1. The monoisotopic (exact) mass is 481 g/mol. The summed E-state index contributed by atoms with van der Waals surface area (Å²) in [7, 11) is 1.24. The van der Waals surface area contributed by atoms with Gasteiger partial charge in [-0.25, -0.2) is 13.2 Å². The predicted molar refractivity (Wildman–Crippen MR) is 122 cm³/mol. The first-order valence-electron chi connectivity index (χ1n) is 10.9. The molecule has 0 radical (unpaired) electrons. The van der Waals surface area contributed by atoms with Gasteiger partial charge in [0.2, 0.25) is 0 Å². The van der Waals surface area contributed by atoms with Gasteiger partial charge >= 0.3 is 5.97 Å². The van der Waals surface area contributed by atoms with Crippen molar-refractivity contribution in [3.63, 3.8) is 0 Å². The highest BCUT2D eigenvalue weighted by molar-refractivity contribution is 6.01. The van der Waals surface area contributed by atoms with Gasteiger partial charge in [-0.05, 0) is 43.7 Å². The Bertz CT molecular complexity index is 1040. The molecule has 1 aliphatic rings. The number of likely N-dealkylation sites (tertiary alicyclic amines) is 1. The van der Waals surface area contributed by atoms with E-state index >= 15 is 0 Å². The van der Waals surface area contributed by atoms with E-state index < -0.39 is 46.7 Å². The van der Waals surface area contributed by atoms with E-state index in [4.69, 9.17) is 0 Å².